The first-order valence-corrected chi connectivity index (χ1v) is 10.0. The molecule has 158 valence electrons. The highest BCUT2D eigenvalue weighted by molar-refractivity contribution is 6.02. The van der Waals surface area contributed by atoms with E-state index in [0.29, 0.717) is 25.9 Å². The van der Waals surface area contributed by atoms with Crippen molar-refractivity contribution in [3.8, 4) is 0 Å². The molecule has 0 saturated heterocycles. The van der Waals surface area contributed by atoms with Crippen molar-refractivity contribution in [3.05, 3.63) is 35.9 Å². The Balaban J connectivity index is 1.71. The van der Waals surface area contributed by atoms with Crippen LogP contribution < -0.4 is 0 Å². The van der Waals surface area contributed by atoms with E-state index in [1.807, 2.05) is 51.1 Å². The molecule has 1 heterocycles. The van der Waals surface area contributed by atoms with Crippen LogP contribution in [0.4, 0.5) is 0 Å². The van der Waals surface area contributed by atoms with Crippen LogP contribution in [-0.4, -0.2) is 59.1 Å². The van der Waals surface area contributed by atoms with E-state index in [9.17, 15) is 14.4 Å². The molecule has 2 amide bonds. The van der Waals surface area contributed by atoms with E-state index < -0.39 is 5.60 Å². The number of rotatable bonds is 8. The van der Waals surface area contributed by atoms with Crippen LogP contribution in [-0.2, 0) is 19.1 Å². The maximum atomic E-state index is 12.4. The molecule has 7 heteroatoms. The molecule has 1 aliphatic heterocycles. The summed E-state index contributed by atoms with van der Waals surface area (Å²) in [6, 6.07) is 9.78. The zero-order chi connectivity index (χ0) is 21.4. The quantitative estimate of drug-likeness (QED) is 0.627. The Labute approximate surface area is 172 Å². The zero-order valence-corrected chi connectivity index (χ0v) is 17.8. The smallest absolute Gasteiger partial charge is 0.306 e. The average molecular weight is 402 g/mol. The molecule has 0 spiro atoms. The lowest BCUT2D eigenvalue weighted by atomic mass is 10.1. The first-order chi connectivity index (χ1) is 13.7. The number of benzene rings is 1. The maximum Gasteiger partial charge on any atom is 0.306 e. The summed E-state index contributed by atoms with van der Waals surface area (Å²) in [4.78, 5) is 37.9. The Bertz CT molecular complexity index is 753. The number of hydrazone groups is 1. The molecule has 0 radical (unpaired) electrons. The molecule has 1 aromatic rings. The lowest BCUT2D eigenvalue weighted by molar-refractivity contribution is -0.155. The van der Waals surface area contributed by atoms with Crippen molar-refractivity contribution >= 4 is 23.5 Å². The molecule has 0 aliphatic carbocycles. The van der Waals surface area contributed by atoms with Gasteiger partial charge in [0.05, 0.1) is 12.3 Å². The van der Waals surface area contributed by atoms with Crippen molar-refractivity contribution in [2.45, 2.75) is 58.5 Å². The van der Waals surface area contributed by atoms with Gasteiger partial charge >= 0.3 is 5.97 Å². The third kappa shape index (κ3) is 7.68. The normalized spacial score (nSPS) is 13.8. The molecule has 0 bridgehead atoms. The molecule has 7 nitrogen and oxygen atoms in total. The van der Waals surface area contributed by atoms with Crippen LogP contribution in [0.2, 0.25) is 0 Å². The molecule has 2 rings (SSSR count). The third-order valence-electron chi connectivity index (χ3n) is 4.47. The van der Waals surface area contributed by atoms with Crippen LogP contribution in [0.1, 0.15) is 58.4 Å². The van der Waals surface area contributed by atoms with E-state index in [2.05, 4.69) is 5.10 Å². The topological polar surface area (TPSA) is 79.3 Å². The van der Waals surface area contributed by atoms with Crippen molar-refractivity contribution in [2.75, 3.05) is 20.1 Å². The molecule has 29 heavy (non-hydrogen) atoms. The minimum atomic E-state index is -0.502. The molecule has 1 aromatic carbocycles. The maximum absolute atomic E-state index is 12.4. The molecule has 0 saturated carbocycles. The van der Waals surface area contributed by atoms with Gasteiger partial charge in [0.1, 0.15) is 5.60 Å². The van der Waals surface area contributed by atoms with Crippen LogP contribution in [0, 0.1) is 0 Å². The highest BCUT2D eigenvalue weighted by Gasteiger charge is 2.22. The Morgan fingerprint density at radius 3 is 2.45 bits per heavy atom. The summed E-state index contributed by atoms with van der Waals surface area (Å²) in [6.45, 7) is 6.47. The zero-order valence-electron chi connectivity index (χ0n) is 17.8. The standard InChI is InChI=1S/C22H31N3O4/c1-22(2,3)29-21(28)11-8-15-24(4)19(26)12-13-20(27)25-16-14-18(23-25)17-9-6-5-7-10-17/h5-7,9-10H,8,11-16H2,1-4H3. The van der Waals surface area contributed by atoms with Crippen LogP contribution in [0.5, 0.6) is 0 Å². The van der Waals surface area contributed by atoms with Gasteiger partial charge in [-0.15, -0.1) is 0 Å². The third-order valence-corrected chi connectivity index (χ3v) is 4.47. The SMILES string of the molecule is CN(CCCC(=O)OC(C)(C)C)C(=O)CCC(=O)N1CCC(c2ccccc2)=N1. The highest BCUT2D eigenvalue weighted by Crippen LogP contribution is 2.15. The average Bonchev–Trinajstić information content (AvgIpc) is 3.15. The second-order valence-electron chi connectivity index (χ2n) is 8.18. The van der Waals surface area contributed by atoms with Crippen molar-refractivity contribution in [1.82, 2.24) is 9.91 Å². The van der Waals surface area contributed by atoms with Crippen LogP contribution in [0.25, 0.3) is 0 Å². The number of hydrogen-bond donors (Lipinski definition) is 0. The van der Waals surface area contributed by atoms with Crippen molar-refractivity contribution < 1.29 is 19.1 Å². The van der Waals surface area contributed by atoms with Gasteiger partial charge in [-0.05, 0) is 32.8 Å². The van der Waals surface area contributed by atoms with E-state index in [1.165, 1.54) is 5.01 Å². The van der Waals surface area contributed by atoms with Gasteiger partial charge in [-0.2, -0.15) is 5.10 Å². The number of esters is 1. The molecule has 0 unspecified atom stereocenters. The number of carbonyl (C=O) groups is 3. The van der Waals surface area contributed by atoms with Crippen LogP contribution >= 0.6 is 0 Å². The van der Waals surface area contributed by atoms with E-state index in [4.69, 9.17) is 4.74 Å². The largest absolute Gasteiger partial charge is 0.460 e. The summed E-state index contributed by atoms with van der Waals surface area (Å²) in [5.74, 6) is -0.532. The predicted molar refractivity (Wildman–Crippen MR) is 111 cm³/mol. The van der Waals surface area contributed by atoms with Gasteiger partial charge in [0, 0.05) is 39.3 Å². The molecule has 0 aromatic heterocycles. The molecule has 0 N–H and O–H groups in total. The summed E-state index contributed by atoms with van der Waals surface area (Å²) in [5, 5.41) is 5.86. The van der Waals surface area contributed by atoms with Gasteiger partial charge in [0.25, 0.3) is 0 Å². The van der Waals surface area contributed by atoms with Gasteiger partial charge in [-0.1, -0.05) is 30.3 Å². The predicted octanol–water partition coefficient (Wildman–Crippen LogP) is 2.98. The molecule has 0 atom stereocenters. The van der Waals surface area contributed by atoms with E-state index >= 15 is 0 Å². The fourth-order valence-corrected chi connectivity index (χ4v) is 2.98. The van der Waals surface area contributed by atoms with Gasteiger partial charge in [0.2, 0.25) is 11.8 Å². The van der Waals surface area contributed by atoms with Crippen molar-refractivity contribution in [2.24, 2.45) is 5.10 Å². The first kappa shape index (κ1) is 22.6. The van der Waals surface area contributed by atoms with Gasteiger partial charge in [-0.3, -0.25) is 14.4 Å². The van der Waals surface area contributed by atoms with Crippen molar-refractivity contribution in [1.29, 1.82) is 0 Å². The van der Waals surface area contributed by atoms with E-state index in [-0.39, 0.29) is 37.0 Å². The van der Waals surface area contributed by atoms with E-state index in [0.717, 1.165) is 11.3 Å². The molecule has 0 fully saturated rings. The minimum absolute atomic E-state index is 0.117. The summed E-state index contributed by atoms with van der Waals surface area (Å²) in [6.07, 6.45) is 1.77. The Morgan fingerprint density at radius 1 is 1.10 bits per heavy atom. The van der Waals surface area contributed by atoms with Gasteiger partial charge in [0.15, 0.2) is 0 Å². The number of hydrogen-bond acceptors (Lipinski definition) is 5. The first-order valence-electron chi connectivity index (χ1n) is 10.0. The Morgan fingerprint density at radius 2 is 1.79 bits per heavy atom. The Hall–Kier alpha value is -2.70. The number of carbonyl (C=O) groups excluding carboxylic acids is 3. The molecular weight excluding hydrogens is 370 g/mol. The molecular formula is C22H31N3O4. The van der Waals surface area contributed by atoms with Crippen LogP contribution in [0.3, 0.4) is 0 Å². The lowest BCUT2D eigenvalue weighted by Crippen LogP contribution is -2.31. The minimum Gasteiger partial charge on any atom is -0.460 e. The summed E-state index contributed by atoms with van der Waals surface area (Å²) in [7, 11) is 1.68. The summed E-state index contributed by atoms with van der Waals surface area (Å²) < 4.78 is 5.25. The molecule has 1 aliphatic rings. The van der Waals surface area contributed by atoms with Crippen LogP contribution in [0.15, 0.2) is 35.4 Å². The summed E-state index contributed by atoms with van der Waals surface area (Å²) in [5.41, 5.74) is 1.41. The number of amides is 2. The number of nitrogens with zero attached hydrogens (tertiary/aromatic N) is 3. The lowest BCUT2D eigenvalue weighted by Gasteiger charge is -2.20. The van der Waals surface area contributed by atoms with Crippen molar-refractivity contribution in [3.63, 3.8) is 0 Å². The summed E-state index contributed by atoms with van der Waals surface area (Å²) >= 11 is 0. The fraction of sp³-hybridized carbons (Fsp3) is 0.545. The monoisotopic (exact) mass is 401 g/mol. The second-order valence-corrected chi connectivity index (χ2v) is 8.18. The Kier molecular flexibility index (Phi) is 7.93. The van der Waals surface area contributed by atoms with Gasteiger partial charge < -0.3 is 9.64 Å². The fourth-order valence-electron chi connectivity index (χ4n) is 2.98. The van der Waals surface area contributed by atoms with E-state index in [1.54, 1.807) is 11.9 Å². The number of ether oxygens (including phenoxy) is 1. The van der Waals surface area contributed by atoms with Gasteiger partial charge in [-0.25, -0.2) is 5.01 Å². The second kappa shape index (κ2) is 10.2. The highest BCUT2D eigenvalue weighted by atomic mass is 16.6.